The third-order valence-corrected chi connectivity index (χ3v) is 3.19. The minimum Gasteiger partial charge on any atom is -0.508 e. The summed E-state index contributed by atoms with van der Waals surface area (Å²) in [6.45, 7) is 0. The van der Waals surface area contributed by atoms with Crippen LogP contribution in [0.1, 0.15) is 24.0 Å². The molecule has 0 aromatic heterocycles. The van der Waals surface area contributed by atoms with Gasteiger partial charge >= 0.3 is 0 Å². The highest BCUT2D eigenvalue weighted by Gasteiger charge is 2.34. The summed E-state index contributed by atoms with van der Waals surface area (Å²) >= 11 is 0. The Kier molecular flexibility index (Phi) is 1.80. The molecule has 0 bridgehead atoms. The van der Waals surface area contributed by atoms with Crippen molar-refractivity contribution in [3.8, 4) is 5.75 Å². The minimum absolute atomic E-state index is 0.121. The van der Waals surface area contributed by atoms with Gasteiger partial charge in [0.2, 0.25) is 11.8 Å². The van der Waals surface area contributed by atoms with Crippen LogP contribution in [-0.4, -0.2) is 16.9 Å². The number of phenolic OH excluding ortho intramolecular Hbond substituents is 1. The first kappa shape index (κ1) is 9.39. The van der Waals surface area contributed by atoms with Crippen LogP contribution in [0.25, 0.3) is 0 Å². The molecule has 0 aliphatic carbocycles. The van der Waals surface area contributed by atoms with Crippen molar-refractivity contribution in [3.05, 3.63) is 23.3 Å². The fourth-order valence-corrected chi connectivity index (χ4v) is 2.51. The lowest BCUT2D eigenvalue weighted by Gasteiger charge is -2.33. The molecule has 16 heavy (non-hydrogen) atoms. The molecular formula is C12H11NO3. The minimum atomic E-state index is -0.121. The second-order valence-corrected chi connectivity index (χ2v) is 4.24. The zero-order valence-electron chi connectivity index (χ0n) is 8.69. The molecule has 0 spiro atoms. The van der Waals surface area contributed by atoms with Crippen molar-refractivity contribution < 1.29 is 14.7 Å². The fraction of sp³-hybridized carbons (Fsp3) is 0.333. The number of amides is 2. The van der Waals surface area contributed by atoms with Gasteiger partial charge in [-0.15, -0.1) is 0 Å². The number of benzene rings is 1. The zero-order chi connectivity index (χ0) is 11.3. The van der Waals surface area contributed by atoms with Gasteiger partial charge in [0, 0.05) is 12.8 Å². The van der Waals surface area contributed by atoms with Crippen LogP contribution in [0.3, 0.4) is 0 Å². The van der Waals surface area contributed by atoms with Crippen molar-refractivity contribution in [1.29, 1.82) is 0 Å². The molecule has 0 saturated heterocycles. The first-order chi connectivity index (χ1) is 7.66. The summed E-state index contributed by atoms with van der Waals surface area (Å²) in [6, 6.07) is 3.30. The summed E-state index contributed by atoms with van der Waals surface area (Å²) in [4.78, 5) is 24.7. The van der Waals surface area contributed by atoms with Gasteiger partial charge in [-0.05, 0) is 36.1 Å². The fourth-order valence-electron chi connectivity index (χ4n) is 2.51. The van der Waals surface area contributed by atoms with Crippen molar-refractivity contribution >= 4 is 17.5 Å². The maximum Gasteiger partial charge on any atom is 0.234 e. The summed E-state index contributed by atoms with van der Waals surface area (Å²) in [6.07, 6.45) is 1.92. The highest BCUT2D eigenvalue weighted by Crippen LogP contribution is 2.38. The molecular weight excluding hydrogens is 206 g/mol. The van der Waals surface area contributed by atoms with Crippen LogP contribution in [0.2, 0.25) is 0 Å². The zero-order valence-corrected chi connectivity index (χ0v) is 8.69. The molecule has 1 aromatic carbocycles. The Morgan fingerprint density at radius 2 is 1.44 bits per heavy atom. The number of hydrogen-bond donors (Lipinski definition) is 1. The molecule has 82 valence electrons. The number of phenols is 1. The van der Waals surface area contributed by atoms with Gasteiger partial charge in [0.1, 0.15) is 5.75 Å². The Morgan fingerprint density at radius 1 is 0.938 bits per heavy atom. The van der Waals surface area contributed by atoms with Gasteiger partial charge in [-0.2, -0.15) is 0 Å². The lowest BCUT2D eigenvalue weighted by molar-refractivity contribution is -0.127. The van der Waals surface area contributed by atoms with Gasteiger partial charge in [0.05, 0.1) is 5.69 Å². The molecule has 0 fully saturated rings. The van der Waals surface area contributed by atoms with E-state index in [1.807, 2.05) is 0 Å². The molecule has 4 nitrogen and oxygen atoms in total. The Hall–Kier alpha value is -1.84. The van der Waals surface area contributed by atoms with E-state index in [2.05, 4.69) is 0 Å². The van der Waals surface area contributed by atoms with Gasteiger partial charge in [0.15, 0.2) is 0 Å². The first-order valence-corrected chi connectivity index (χ1v) is 5.37. The number of anilines is 1. The third-order valence-electron chi connectivity index (χ3n) is 3.19. The quantitative estimate of drug-likeness (QED) is 0.663. The van der Waals surface area contributed by atoms with Gasteiger partial charge < -0.3 is 5.11 Å². The molecule has 2 amide bonds. The number of carbonyl (C=O) groups excluding carboxylic acids is 2. The Labute approximate surface area is 92.5 Å². The number of aromatic hydroxyl groups is 1. The predicted octanol–water partition coefficient (Wildman–Crippen LogP) is 1.14. The standard InChI is InChI=1S/C12H11NO3/c14-9-5-7-1-3-10(15)13-11(16)4-2-8(6-9)12(7)13/h5-6,14H,1-4H2. The number of imide groups is 1. The maximum absolute atomic E-state index is 11.7. The van der Waals surface area contributed by atoms with E-state index in [4.69, 9.17) is 0 Å². The van der Waals surface area contributed by atoms with Crippen LogP contribution >= 0.6 is 0 Å². The Balaban J connectivity index is 2.26. The third kappa shape index (κ3) is 1.16. The molecule has 1 aromatic rings. The van der Waals surface area contributed by atoms with E-state index in [0.717, 1.165) is 16.8 Å². The summed E-state index contributed by atoms with van der Waals surface area (Å²) in [7, 11) is 0. The van der Waals surface area contributed by atoms with Gasteiger partial charge in [-0.1, -0.05) is 0 Å². The van der Waals surface area contributed by atoms with E-state index >= 15 is 0 Å². The van der Waals surface area contributed by atoms with E-state index in [1.54, 1.807) is 12.1 Å². The van der Waals surface area contributed by atoms with Crippen LogP contribution in [0.15, 0.2) is 12.1 Å². The number of carbonyl (C=O) groups is 2. The lowest BCUT2D eigenvalue weighted by Crippen LogP contribution is -2.43. The average Bonchev–Trinajstić information content (AvgIpc) is 2.25. The summed E-state index contributed by atoms with van der Waals surface area (Å²) < 4.78 is 0. The van der Waals surface area contributed by atoms with Crippen molar-refractivity contribution in [2.24, 2.45) is 0 Å². The van der Waals surface area contributed by atoms with E-state index in [1.165, 1.54) is 4.90 Å². The SMILES string of the molecule is O=C1CCc2cc(O)cc3c2N1C(=O)CC3. The molecule has 2 aliphatic heterocycles. The van der Waals surface area contributed by atoms with Gasteiger partial charge in [0.25, 0.3) is 0 Å². The molecule has 0 saturated carbocycles. The van der Waals surface area contributed by atoms with Gasteiger partial charge in [-0.25, -0.2) is 4.90 Å². The lowest BCUT2D eigenvalue weighted by atomic mass is 9.91. The van der Waals surface area contributed by atoms with E-state index in [0.29, 0.717) is 25.7 Å². The van der Waals surface area contributed by atoms with E-state index < -0.39 is 0 Å². The number of hydrogen-bond acceptors (Lipinski definition) is 3. The largest absolute Gasteiger partial charge is 0.508 e. The molecule has 0 unspecified atom stereocenters. The second-order valence-electron chi connectivity index (χ2n) is 4.24. The van der Waals surface area contributed by atoms with E-state index in [-0.39, 0.29) is 17.6 Å². The molecule has 0 atom stereocenters. The number of aryl methyl sites for hydroxylation is 2. The van der Waals surface area contributed by atoms with Crippen molar-refractivity contribution in [2.75, 3.05) is 4.90 Å². The summed E-state index contributed by atoms with van der Waals surface area (Å²) in [5.74, 6) is -0.0225. The normalized spacial score (nSPS) is 18.6. The van der Waals surface area contributed by atoms with Crippen molar-refractivity contribution in [1.82, 2.24) is 0 Å². The smallest absolute Gasteiger partial charge is 0.234 e. The van der Waals surface area contributed by atoms with Gasteiger partial charge in [-0.3, -0.25) is 9.59 Å². The molecule has 1 N–H and O–H groups in total. The molecule has 2 aliphatic rings. The van der Waals surface area contributed by atoms with Crippen LogP contribution in [0.5, 0.6) is 5.75 Å². The Morgan fingerprint density at radius 3 is 1.94 bits per heavy atom. The topological polar surface area (TPSA) is 57.6 Å². The number of rotatable bonds is 0. The average molecular weight is 217 g/mol. The highest BCUT2D eigenvalue weighted by molar-refractivity contribution is 6.18. The van der Waals surface area contributed by atoms with Crippen molar-refractivity contribution in [3.63, 3.8) is 0 Å². The molecule has 4 heteroatoms. The predicted molar refractivity (Wildman–Crippen MR) is 57.2 cm³/mol. The van der Waals surface area contributed by atoms with Crippen LogP contribution in [0.4, 0.5) is 5.69 Å². The summed E-state index contributed by atoms with van der Waals surface area (Å²) in [5, 5.41) is 9.55. The first-order valence-electron chi connectivity index (χ1n) is 5.37. The monoisotopic (exact) mass is 217 g/mol. The summed E-state index contributed by atoms with van der Waals surface area (Å²) in [5.41, 5.74) is 2.54. The van der Waals surface area contributed by atoms with Crippen LogP contribution in [-0.2, 0) is 22.4 Å². The van der Waals surface area contributed by atoms with Crippen LogP contribution in [0, 0.1) is 0 Å². The second kappa shape index (κ2) is 3.07. The number of nitrogens with zero attached hydrogens (tertiary/aromatic N) is 1. The highest BCUT2D eigenvalue weighted by atomic mass is 16.3. The molecule has 3 rings (SSSR count). The molecule has 2 heterocycles. The van der Waals surface area contributed by atoms with Crippen LogP contribution < -0.4 is 4.90 Å². The molecule has 0 radical (unpaired) electrons. The maximum atomic E-state index is 11.7. The van der Waals surface area contributed by atoms with Crippen molar-refractivity contribution in [2.45, 2.75) is 25.7 Å². The van der Waals surface area contributed by atoms with E-state index in [9.17, 15) is 14.7 Å². The Bertz CT molecular complexity index is 466.